The van der Waals surface area contributed by atoms with Gasteiger partial charge in [-0.3, -0.25) is 14.5 Å². The van der Waals surface area contributed by atoms with Crippen LogP contribution in [-0.4, -0.2) is 22.7 Å². The Bertz CT molecular complexity index is 882. The quantitative estimate of drug-likeness (QED) is 0.637. The highest BCUT2D eigenvalue weighted by Crippen LogP contribution is 2.27. The molecule has 3 rings (SSSR count). The predicted molar refractivity (Wildman–Crippen MR) is 95.3 cm³/mol. The first-order chi connectivity index (χ1) is 11.8. The Kier molecular flexibility index (Phi) is 4.17. The van der Waals surface area contributed by atoms with Crippen molar-refractivity contribution in [2.24, 2.45) is 0 Å². The van der Waals surface area contributed by atoms with E-state index >= 15 is 0 Å². The topological polar surface area (TPSA) is 57.7 Å². The van der Waals surface area contributed by atoms with Crippen molar-refractivity contribution in [1.29, 1.82) is 0 Å². The Morgan fingerprint density at radius 1 is 0.760 bits per heavy atom. The van der Waals surface area contributed by atoms with E-state index in [0.29, 0.717) is 5.69 Å². The van der Waals surface area contributed by atoms with Crippen LogP contribution in [0.2, 0.25) is 0 Å². The number of hydrogen-bond acceptors (Lipinski definition) is 3. The lowest BCUT2D eigenvalue weighted by molar-refractivity contribution is -0.139. The van der Waals surface area contributed by atoms with Crippen LogP contribution >= 0.6 is 0 Å². The molecule has 0 aromatic heterocycles. The summed E-state index contributed by atoms with van der Waals surface area (Å²) in [5.74, 6) is -1.59. The number of rotatable bonds is 3. The number of nitrogens with zero attached hydrogens (tertiary/aromatic N) is 2. The molecule has 0 bridgehead atoms. The van der Waals surface area contributed by atoms with Crippen LogP contribution in [0.5, 0.6) is 0 Å². The monoisotopic (exact) mass is 336 g/mol. The van der Waals surface area contributed by atoms with Gasteiger partial charge >= 0.3 is 17.8 Å². The van der Waals surface area contributed by atoms with Gasteiger partial charge in [0, 0.05) is 0 Å². The molecule has 1 saturated heterocycles. The lowest BCUT2D eigenvalue weighted by Crippen LogP contribution is -2.33. The summed E-state index contributed by atoms with van der Waals surface area (Å²) < 4.78 is 0. The Morgan fingerprint density at radius 3 is 2.00 bits per heavy atom. The van der Waals surface area contributed by atoms with Crippen molar-refractivity contribution >= 4 is 23.5 Å². The summed E-state index contributed by atoms with van der Waals surface area (Å²) in [5, 5.41) is 0. The van der Waals surface area contributed by atoms with Crippen molar-refractivity contribution in [3.63, 3.8) is 0 Å². The van der Waals surface area contributed by atoms with Gasteiger partial charge in [-0.1, -0.05) is 47.0 Å². The average Bonchev–Trinajstić information content (AvgIpc) is 2.71. The molecule has 0 N–H and O–H groups in total. The molecule has 0 aliphatic carbocycles. The van der Waals surface area contributed by atoms with E-state index in [1.807, 2.05) is 58.0 Å². The fourth-order valence-corrected chi connectivity index (χ4v) is 3.26. The lowest BCUT2D eigenvalue weighted by atomic mass is 10.1. The molecule has 2 aromatic rings. The first-order valence-electron chi connectivity index (χ1n) is 8.12. The van der Waals surface area contributed by atoms with Crippen LogP contribution in [-0.2, 0) is 16.1 Å². The first-order valence-corrected chi connectivity index (χ1v) is 8.12. The second-order valence-corrected chi connectivity index (χ2v) is 6.60. The fraction of sp³-hybridized carbons (Fsp3) is 0.250. The molecule has 4 amide bonds. The Labute approximate surface area is 146 Å². The summed E-state index contributed by atoms with van der Waals surface area (Å²) in [6.07, 6.45) is 0. The van der Waals surface area contributed by atoms with Gasteiger partial charge < -0.3 is 0 Å². The third-order valence-corrected chi connectivity index (χ3v) is 4.27. The fourth-order valence-electron chi connectivity index (χ4n) is 3.26. The van der Waals surface area contributed by atoms with Crippen LogP contribution in [0.3, 0.4) is 0 Å². The van der Waals surface area contributed by atoms with E-state index in [0.717, 1.165) is 37.6 Å². The SMILES string of the molecule is Cc1cc(C)cc(CN2C(=O)C(=O)N(c3ccc(C)cc3C)C2=O)c1. The summed E-state index contributed by atoms with van der Waals surface area (Å²) in [6.45, 7) is 7.75. The molecular formula is C20H20N2O3. The molecule has 0 unspecified atom stereocenters. The van der Waals surface area contributed by atoms with Crippen LogP contribution in [0.4, 0.5) is 10.5 Å². The third kappa shape index (κ3) is 3.05. The number of urea groups is 1. The smallest absolute Gasteiger partial charge is 0.263 e. The molecule has 0 saturated carbocycles. The Balaban J connectivity index is 1.94. The summed E-state index contributed by atoms with van der Waals surface area (Å²) in [6, 6.07) is 10.7. The zero-order valence-electron chi connectivity index (χ0n) is 14.8. The molecule has 0 radical (unpaired) electrons. The van der Waals surface area contributed by atoms with Gasteiger partial charge in [-0.05, 0) is 44.9 Å². The molecular weight excluding hydrogens is 316 g/mol. The van der Waals surface area contributed by atoms with Crippen molar-refractivity contribution < 1.29 is 14.4 Å². The number of benzene rings is 2. The zero-order chi connectivity index (χ0) is 18.3. The summed E-state index contributed by atoms with van der Waals surface area (Å²) in [5.41, 5.74) is 5.19. The minimum atomic E-state index is -0.804. The van der Waals surface area contributed by atoms with E-state index in [1.54, 1.807) is 6.07 Å². The summed E-state index contributed by atoms with van der Waals surface area (Å²) >= 11 is 0. The molecule has 0 atom stereocenters. The molecule has 0 spiro atoms. The molecule has 5 nitrogen and oxygen atoms in total. The van der Waals surface area contributed by atoms with E-state index in [-0.39, 0.29) is 6.54 Å². The normalized spacial score (nSPS) is 14.6. The Morgan fingerprint density at radius 2 is 1.40 bits per heavy atom. The maximum absolute atomic E-state index is 12.7. The second-order valence-electron chi connectivity index (χ2n) is 6.60. The minimum absolute atomic E-state index is 0.0906. The molecule has 128 valence electrons. The number of anilines is 1. The molecule has 1 fully saturated rings. The molecule has 5 heteroatoms. The van der Waals surface area contributed by atoms with Gasteiger partial charge in [0.25, 0.3) is 0 Å². The van der Waals surface area contributed by atoms with Crippen LogP contribution < -0.4 is 4.90 Å². The van der Waals surface area contributed by atoms with E-state index < -0.39 is 17.8 Å². The van der Waals surface area contributed by atoms with Gasteiger partial charge in [-0.2, -0.15) is 0 Å². The zero-order valence-corrected chi connectivity index (χ0v) is 14.8. The number of amides is 4. The molecule has 25 heavy (non-hydrogen) atoms. The number of hydrogen-bond donors (Lipinski definition) is 0. The molecule has 2 aromatic carbocycles. The van der Waals surface area contributed by atoms with Gasteiger partial charge in [0.15, 0.2) is 0 Å². The van der Waals surface area contributed by atoms with Gasteiger partial charge in [0.05, 0.1) is 12.2 Å². The van der Waals surface area contributed by atoms with Crippen molar-refractivity contribution in [2.45, 2.75) is 34.2 Å². The predicted octanol–water partition coefficient (Wildman–Crippen LogP) is 3.42. The van der Waals surface area contributed by atoms with Crippen LogP contribution in [0.15, 0.2) is 36.4 Å². The number of carbonyl (C=O) groups is 3. The van der Waals surface area contributed by atoms with E-state index in [1.165, 1.54) is 0 Å². The maximum Gasteiger partial charge on any atom is 0.339 e. The van der Waals surface area contributed by atoms with Crippen LogP contribution in [0.25, 0.3) is 0 Å². The van der Waals surface area contributed by atoms with Gasteiger partial charge in [0.2, 0.25) is 0 Å². The number of imide groups is 2. The van der Waals surface area contributed by atoms with E-state index in [4.69, 9.17) is 0 Å². The van der Waals surface area contributed by atoms with Gasteiger partial charge in [-0.25, -0.2) is 9.69 Å². The summed E-state index contributed by atoms with van der Waals surface area (Å²) in [4.78, 5) is 39.5. The third-order valence-electron chi connectivity index (χ3n) is 4.27. The molecule has 1 aliphatic rings. The van der Waals surface area contributed by atoms with E-state index in [2.05, 4.69) is 0 Å². The molecule has 1 aliphatic heterocycles. The highest BCUT2D eigenvalue weighted by atomic mass is 16.2. The van der Waals surface area contributed by atoms with Crippen LogP contribution in [0.1, 0.15) is 27.8 Å². The van der Waals surface area contributed by atoms with Crippen molar-refractivity contribution in [3.05, 3.63) is 64.2 Å². The molecule has 1 heterocycles. The van der Waals surface area contributed by atoms with Gasteiger partial charge in [-0.15, -0.1) is 0 Å². The first kappa shape index (κ1) is 16.9. The van der Waals surface area contributed by atoms with Crippen molar-refractivity contribution in [3.8, 4) is 0 Å². The van der Waals surface area contributed by atoms with E-state index in [9.17, 15) is 14.4 Å². The summed E-state index contributed by atoms with van der Waals surface area (Å²) in [7, 11) is 0. The minimum Gasteiger partial charge on any atom is -0.263 e. The number of carbonyl (C=O) groups excluding carboxylic acids is 3. The average molecular weight is 336 g/mol. The Hall–Kier alpha value is -2.95. The largest absolute Gasteiger partial charge is 0.339 e. The standard InChI is InChI=1S/C20H20N2O3/c1-12-5-6-17(15(4)8-12)22-19(24)18(23)21(20(22)25)11-16-9-13(2)7-14(3)10-16/h5-10H,11H2,1-4H3. The number of aryl methyl sites for hydroxylation is 4. The van der Waals surface area contributed by atoms with Crippen LogP contribution in [0, 0.1) is 27.7 Å². The van der Waals surface area contributed by atoms with Crippen molar-refractivity contribution in [1.82, 2.24) is 4.90 Å². The van der Waals surface area contributed by atoms with Crippen molar-refractivity contribution in [2.75, 3.05) is 4.90 Å². The van der Waals surface area contributed by atoms with Gasteiger partial charge in [0.1, 0.15) is 0 Å². The lowest BCUT2D eigenvalue weighted by Gasteiger charge is -2.18. The second kappa shape index (κ2) is 6.16. The highest BCUT2D eigenvalue weighted by molar-refractivity contribution is 6.52. The highest BCUT2D eigenvalue weighted by Gasteiger charge is 2.45. The maximum atomic E-state index is 12.7.